The van der Waals surface area contributed by atoms with Gasteiger partial charge in [0.05, 0.1) is 0 Å². The molecule has 0 spiro atoms. The van der Waals surface area contributed by atoms with Gasteiger partial charge in [0.1, 0.15) is 0 Å². The number of rotatable bonds is 0. The molecule has 0 fully saturated rings. The smallest absolute Gasteiger partial charge is 0.0174 e. The lowest BCUT2D eigenvalue weighted by molar-refractivity contribution is 0.485. The highest BCUT2D eigenvalue weighted by molar-refractivity contribution is 8.01. The van der Waals surface area contributed by atoms with Gasteiger partial charge in [0.15, 0.2) is 0 Å². The molecular formula is C7H11S. The van der Waals surface area contributed by atoms with Gasteiger partial charge < -0.3 is 0 Å². The van der Waals surface area contributed by atoms with E-state index in [2.05, 4.69) is 32.3 Å². The van der Waals surface area contributed by atoms with E-state index in [1.54, 1.807) is 11.8 Å². The van der Waals surface area contributed by atoms with E-state index in [1.165, 1.54) is 0 Å². The predicted molar refractivity (Wildman–Crippen MR) is 38.6 cm³/mol. The third kappa shape index (κ3) is 0.921. The molecule has 1 unspecified atom stereocenters. The molecule has 0 nitrogen and oxygen atoms in total. The molecule has 8 heavy (non-hydrogen) atoms. The maximum atomic E-state index is 3.15. The van der Waals surface area contributed by atoms with Crippen LogP contribution < -0.4 is 0 Å². The van der Waals surface area contributed by atoms with E-state index in [-0.39, 0.29) is 0 Å². The van der Waals surface area contributed by atoms with Crippen LogP contribution in [0.4, 0.5) is 0 Å². The average molecular weight is 127 g/mol. The maximum Gasteiger partial charge on any atom is 0.0174 e. The number of allylic oxidation sites excluding steroid dienone is 1. The molecule has 0 amide bonds. The Morgan fingerprint density at radius 1 is 1.62 bits per heavy atom. The topological polar surface area (TPSA) is 0 Å². The average Bonchev–Trinajstić information content (AvgIpc) is 1.86. The van der Waals surface area contributed by atoms with Crippen molar-refractivity contribution in [3.8, 4) is 0 Å². The molecule has 1 aliphatic heterocycles. The summed E-state index contributed by atoms with van der Waals surface area (Å²) in [6.07, 6.45) is 2.16. The van der Waals surface area contributed by atoms with Crippen molar-refractivity contribution in [2.24, 2.45) is 5.41 Å². The minimum Gasteiger partial charge on any atom is -0.121 e. The molecule has 0 aliphatic carbocycles. The Bertz CT molecular complexity index is 114. The largest absolute Gasteiger partial charge is 0.121 e. The molecule has 1 radical (unpaired) electrons. The molecular weight excluding hydrogens is 116 g/mol. The Balaban J connectivity index is 2.67. The first-order chi connectivity index (χ1) is 3.63. The van der Waals surface area contributed by atoms with Gasteiger partial charge in [0.25, 0.3) is 0 Å². The summed E-state index contributed by atoms with van der Waals surface area (Å²) in [6, 6.07) is 0. The van der Waals surface area contributed by atoms with Gasteiger partial charge in [-0.25, -0.2) is 0 Å². The van der Waals surface area contributed by atoms with Crippen molar-refractivity contribution in [1.29, 1.82) is 0 Å². The van der Waals surface area contributed by atoms with Crippen LogP contribution in [0.15, 0.2) is 6.08 Å². The number of hydrogen-bond acceptors (Lipinski definition) is 1. The normalized spacial score (nSPS) is 33.6. The van der Waals surface area contributed by atoms with Crippen LogP contribution in [0.1, 0.15) is 20.8 Å². The quantitative estimate of drug-likeness (QED) is 0.481. The summed E-state index contributed by atoms with van der Waals surface area (Å²) in [4.78, 5) is 0. The predicted octanol–water partition coefficient (Wildman–Crippen LogP) is 2.46. The zero-order valence-corrected chi connectivity index (χ0v) is 6.38. The van der Waals surface area contributed by atoms with Gasteiger partial charge in [0.2, 0.25) is 0 Å². The van der Waals surface area contributed by atoms with Gasteiger partial charge in [0, 0.05) is 10.7 Å². The Kier molecular flexibility index (Phi) is 1.40. The summed E-state index contributed by atoms with van der Waals surface area (Å²) >= 11 is 1.80. The third-order valence-electron chi connectivity index (χ3n) is 1.72. The van der Waals surface area contributed by atoms with Crippen molar-refractivity contribution in [3.05, 3.63) is 11.5 Å². The second-order valence-electron chi connectivity index (χ2n) is 2.84. The van der Waals surface area contributed by atoms with Crippen LogP contribution in [0.3, 0.4) is 0 Å². The fourth-order valence-corrected chi connectivity index (χ4v) is 1.50. The zero-order valence-electron chi connectivity index (χ0n) is 5.56. The van der Waals surface area contributed by atoms with E-state index in [9.17, 15) is 0 Å². The van der Waals surface area contributed by atoms with Crippen molar-refractivity contribution in [2.75, 3.05) is 0 Å². The molecule has 0 saturated carbocycles. The highest BCUT2D eigenvalue weighted by atomic mass is 32.2. The molecule has 0 aromatic heterocycles. The Morgan fingerprint density at radius 2 is 2.25 bits per heavy atom. The lowest BCUT2D eigenvalue weighted by atomic mass is 9.91. The van der Waals surface area contributed by atoms with Crippen LogP contribution in [-0.2, 0) is 0 Å². The van der Waals surface area contributed by atoms with Crippen LogP contribution in [0.5, 0.6) is 0 Å². The van der Waals surface area contributed by atoms with E-state index in [4.69, 9.17) is 0 Å². The van der Waals surface area contributed by atoms with E-state index in [1.807, 2.05) is 0 Å². The standard InChI is InChI=1S/C7H11S/c1-6-7(2,3)4-5-8-6/h4,6H,1-3H3. The lowest BCUT2D eigenvalue weighted by Crippen LogP contribution is -2.16. The number of thioether (sulfide) groups is 1. The highest BCUT2D eigenvalue weighted by Gasteiger charge is 2.26. The fourth-order valence-electron chi connectivity index (χ4n) is 0.557. The second-order valence-corrected chi connectivity index (χ2v) is 4.02. The molecule has 1 heteroatoms. The molecule has 1 atom stereocenters. The summed E-state index contributed by atoms with van der Waals surface area (Å²) in [5.41, 5.74) is 0.380. The fraction of sp³-hybridized carbons (Fsp3) is 0.714. The second kappa shape index (κ2) is 1.80. The van der Waals surface area contributed by atoms with E-state index in [0.717, 1.165) is 0 Å². The summed E-state index contributed by atoms with van der Waals surface area (Å²) < 4.78 is 0. The van der Waals surface area contributed by atoms with Crippen molar-refractivity contribution >= 4 is 11.8 Å². The van der Waals surface area contributed by atoms with Gasteiger partial charge in [-0.3, -0.25) is 0 Å². The van der Waals surface area contributed by atoms with Crippen molar-refractivity contribution in [2.45, 2.75) is 26.0 Å². The molecule has 1 aliphatic rings. The van der Waals surface area contributed by atoms with Crippen molar-refractivity contribution in [1.82, 2.24) is 0 Å². The first kappa shape index (κ1) is 6.21. The minimum atomic E-state index is 0.380. The maximum absolute atomic E-state index is 3.15. The van der Waals surface area contributed by atoms with Crippen LogP contribution in [-0.4, -0.2) is 5.25 Å². The first-order valence-corrected chi connectivity index (χ1v) is 3.76. The summed E-state index contributed by atoms with van der Waals surface area (Å²) in [5, 5.41) is 3.86. The summed E-state index contributed by atoms with van der Waals surface area (Å²) in [6.45, 7) is 6.72. The number of hydrogen-bond donors (Lipinski definition) is 0. The van der Waals surface area contributed by atoms with Crippen LogP contribution >= 0.6 is 11.8 Å². The highest BCUT2D eigenvalue weighted by Crippen LogP contribution is 2.38. The van der Waals surface area contributed by atoms with Crippen molar-refractivity contribution < 1.29 is 0 Å². The molecule has 0 N–H and O–H groups in total. The summed E-state index contributed by atoms with van der Waals surface area (Å²) in [7, 11) is 0. The molecule has 1 heterocycles. The van der Waals surface area contributed by atoms with Crippen molar-refractivity contribution in [3.63, 3.8) is 0 Å². The van der Waals surface area contributed by atoms with Gasteiger partial charge in [-0.15, -0.1) is 11.8 Å². The van der Waals surface area contributed by atoms with E-state index >= 15 is 0 Å². The minimum absolute atomic E-state index is 0.380. The lowest BCUT2D eigenvalue weighted by Gasteiger charge is -2.20. The third-order valence-corrected chi connectivity index (χ3v) is 2.94. The Hall–Kier alpha value is 0.0900. The molecule has 0 aromatic carbocycles. The van der Waals surface area contributed by atoms with E-state index in [0.29, 0.717) is 10.7 Å². The van der Waals surface area contributed by atoms with Crippen LogP contribution in [0.25, 0.3) is 0 Å². The summed E-state index contributed by atoms with van der Waals surface area (Å²) in [5.74, 6) is 0. The molecule has 0 saturated heterocycles. The van der Waals surface area contributed by atoms with Gasteiger partial charge in [-0.2, -0.15) is 0 Å². The molecule has 0 aromatic rings. The molecule has 1 rings (SSSR count). The Labute approximate surface area is 55.4 Å². The Morgan fingerprint density at radius 3 is 2.38 bits per heavy atom. The van der Waals surface area contributed by atoms with Crippen LogP contribution in [0, 0.1) is 10.8 Å². The van der Waals surface area contributed by atoms with Crippen LogP contribution in [0.2, 0.25) is 0 Å². The molecule has 0 bridgehead atoms. The first-order valence-electron chi connectivity index (χ1n) is 2.88. The SMILES string of the molecule is CC1S[C]=CC1(C)C. The monoisotopic (exact) mass is 127 g/mol. The molecule has 45 valence electrons. The van der Waals surface area contributed by atoms with Gasteiger partial charge in [-0.1, -0.05) is 26.8 Å². The zero-order chi connectivity index (χ0) is 6.20. The van der Waals surface area contributed by atoms with E-state index < -0.39 is 0 Å². The van der Waals surface area contributed by atoms with Gasteiger partial charge in [-0.05, 0) is 5.41 Å². The van der Waals surface area contributed by atoms with Gasteiger partial charge >= 0.3 is 0 Å².